The van der Waals surface area contributed by atoms with Gasteiger partial charge in [-0.3, -0.25) is 4.79 Å². The van der Waals surface area contributed by atoms with Crippen LogP contribution in [0.4, 0.5) is 0 Å². The van der Waals surface area contributed by atoms with Gasteiger partial charge >= 0.3 is 0 Å². The van der Waals surface area contributed by atoms with Crippen LogP contribution in [0.5, 0.6) is 0 Å². The zero-order valence-electron chi connectivity index (χ0n) is 11.6. The molecule has 0 saturated carbocycles. The molecule has 1 saturated heterocycles. The smallest absolute Gasteiger partial charge is 0.233 e. The Kier molecular flexibility index (Phi) is 4.75. The molecule has 110 valence electrons. The van der Waals surface area contributed by atoms with Crippen LogP contribution >= 0.6 is 11.8 Å². The number of carbonyl (C=O) groups is 1. The molecule has 6 heteroatoms. The van der Waals surface area contributed by atoms with Crippen molar-refractivity contribution in [3.63, 3.8) is 0 Å². The molecule has 1 N–H and O–H groups in total. The molecule has 0 radical (unpaired) electrons. The van der Waals surface area contributed by atoms with Gasteiger partial charge in [0.05, 0.1) is 16.8 Å². The summed E-state index contributed by atoms with van der Waals surface area (Å²) in [5, 5.41) is 2.59. The van der Waals surface area contributed by atoms with Crippen molar-refractivity contribution in [2.45, 2.75) is 36.5 Å². The van der Waals surface area contributed by atoms with Crippen LogP contribution < -0.4 is 5.32 Å². The molecule has 0 aromatic heterocycles. The highest BCUT2D eigenvalue weighted by atomic mass is 32.2. The Bertz CT molecular complexity index is 581. The van der Waals surface area contributed by atoms with E-state index in [1.165, 1.54) is 17.3 Å². The minimum absolute atomic E-state index is 0.0701. The number of rotatable bonds is 4. The molecule has 0 unspecified atom stereocenters. The summed E-state index contributed by atoms with van der Waals surface area (Å²) in [6, 6.07) is 7.77. The molecule has 20 heavy (non-hydrogen) atoms. The fourth-order valence-electron chi connectivity index (χ4n) is 2.10. The number of hydrogen-bond donors (Lipinski definition) is 1. The molecular formula is C14H19NO3S2. The first-order valence-corrected chi connectivity index (χ1v) is 9.30. The van der Waals surface area contributed by atoms with Gasteiger partial charge in [-0.1, -0.05) is 17.7 Å². The topological polar surface area (TPSA) is 63.2 Å². The third kappa shape index (κ3) is 4.24. The van der Waals surface area contributed by atoms with Crippen molar-refractivity contribution in [2.24, 2.45) is 0 Å². The van der Waals surface area contributed by atoms with E-state index in [0.717, 1.165) is 4.90 Å². The van der Waals surface area contributed by atoms with Crippen molar-refractivity contribution in [3.8, 4) is 0 Å². The minimum atomic E-state index is -2.95. The molecule has 0 spiro atoms. The van der Waals surface area contributed by atoms with E-state index in [0.29, 0.717) is 6.42 Å². The van der Waals surface area contributed by atoms with Gasteiger partial charge in [0.1, 0.15) is 0 Å². The lowest BCUT2D eigenvalue weighted by molar-refractivity contribution is -0.120. The number of nitrogens with one attached hydrogen (secondary N) is 1. The first-order chi connectivity index (χ1) is 9.35. The molecule has 1 aromatic carbocycles. The van der Waals surface area contributed by atoms with E-state index in [9.17, 15) is 13.2 Å². The Hall–Kier alpha value is -1.01. The normalized spacial score (nSPS) is 22.4. The highest BCUT2D eigenvalue weighted by Gasteiger charge is 2.30. The van der Waals surface area contributed by atoms with Gasteiger partial charge < -0.3 is 5.32 Å². The van der Waals surface area contributed by atoms with Gasteiger partial charge in [-0.05, 0) is 32.4 Å². The number of hydrogen-bond acceptors (Lipinski definition) is 4. The zero-order valence-corrected chi connectivity index (χ0v) is 13.3. The van der Waals surface area contributed by atoms with Crippen LogP contribution in [-0.2, 0) is 14.6 Å². The summed E-state index contributed by atoms with van der Waals surface area (Å²) in [6.07, 6.45) is 0.524. The maximum Gasteiger partial charge on any atom is 0.233 e. The second-order valence-corrected chi connectivity index (χ2v) is 8.82. The highest BCUT2D eigenvalue weighted by Crippen LogP contribution is 2.24. The van der Waals surface area contributed by atoms with Crippen LogP contribution in [0.25, 0.3) is 0 Å². The molecule has 1 fully saturated rings. The summed E-state index contributed by atoms with van der Waals surface area (Å²) in [6.45, 7) is 3.86. The molecule has 2 atom stereocenters. The molecule has 0 bridgehead atoms. The molecule has 1 aliphatic rings. The molecule has 1 aliphatic heterocycles. The molecule has 4 nitrogen and oxygen atoms in total. The van der Waals surface area contributed by atoms with Gasteiger partial charge in [0.25, 0.3) is 0 Å². The Morgan fingerprint density at radius 2 is 2.00 bits per heavy atom. The van der Waals surface area contributed by atoms with Crippen molar-refractivity contribution < 1.29 is 13.2 Å². The van der Waals surface area contributed by atoms with Gasteiger partial charge in [-0.15, -0.1) is 11.8 Å². The molecule has 1 heterocycles. The Morgan fingerprint density at radius 1 is 1.35 bits per heavy atom. The van der Waals surface area contributed by atoms with Crippen LogP contribution in [-0.4, -0.2) is 37.1 Å². The number of aryl methyl sites for hydroxylation is 1. The number of carbonyl (C=O) groups excluding carboxylic acids is 1. The second-order valence-electron chi connectivity index (χ2n) is 5.18. The lowest BCUT2D eigenvalue weighted by atomic mass is 10.2. The number of thioether (sulfide) groups is 1. The van der Waals surface area contributed by atoms with E-state index in [1.807, 2.05) is 38.1 Å². The van der Waals surface area contributed by atoms with Crippen molar-refractivity contribution >= 4 is 27.5 Å². The van der Waals surface area contributed by atoms with E-state index >= 15 is 0 Å². The maximum absolute atomic E-state index is 12.1. The zero-order chi connectivity index (χ0) is 14.8. The monoisotopic (exact) mass is 313 g/mol. The van der Waals surface area contributed by atoms with Crippen molar-refractivity contribution in [3.05, 3.63) is 29.8 Å². The predicted octanol–water partition coefficient (Wildman–Crippen LogP) is 1.78. The van der Waals surface area contributed by atoms with Crippen molar-refractivity contribution in [1.29, 1.82) is 0 Å². The molecule has 0 aliphatic carbocycles. The maximum atomic E-state index is 12.1. The standard InChI is InChI=1S/C14H19NO3S2/c1-10-3-5-13(6-4-10)19-11(2)14(16)15-12-7-8-20(17,18)9-12/h3-6,11-12H,7-9H2,1-2H3,(H,15,16)/t11-,12+/m0/s1. The van der Waals surface area contributed by atoms with E-state index < -0.39 is 9.84 Å². The largest absolute Gasteiger partial charge is 0.351 e. The van der Waals surface area contributed by atoms with Gasteiger partial charge in [-0.2, -0.15) is 0 Å². The molecule has 2 rings (SSSR count). The van der Waals surface area contributed by atoms with E-state index in [1.54, 1.807) is 0 Å². The third-order valence-corrected chi connectivity index (χ3v) is 6.16. The average Bonchev–Trinajstić information content (AvgIpc) is 2.71. The Balaban J connectivity index is 1.88. The van der Waals surface area contributed by atoms with E-state index in [2.05, 4.69) is 5.32 Å². The fraction of sp³-hybridized carbons (Fsp3) is 0.500. The van der Waals surface area contributed by atoms with Gasteiger partial charge in [0.2, 0.25) is 5.91 Å². The van der Waals surface area contributed by atoms with Crippen LogP contribution in [0, 0.1) is 6.92 Å². The van der Waals surface area contributed by atoms with Crippen LogP contribution in [0.3, 0.4) is 0 Å². The first kappa shape index (κ1) is 15.4. The van der Waals surface area contributed by atoms with Gasteiger partial charge in [0.15, 0.2) is 9.84 Å². The SMILES string of the molecule is Cc1ccc(S[C@@H](C)C(=O)N[C@@H]2CCS(=O)(=O)C2)cc1. The number of amides is 1. The van der Waals surface area contributed by atoms with E-state index in [-0.39, 0.29) is 28.7 Å². The predicted molar refractivity (Wildman–Crippen MR) is 81.7 cm³/mol. The Morgan fingerprint density at radius 3 is 2.55 bits per heavy atom. The summed E-state index contributed by atoms with van der Waals surface area (Å²) in [5.41, 5.74) is 1.18. The Labute approximate surface area is 124 Å². The number of benzene rings is 1. The average molecular weight is 313 g/mol. The van der Waals surface area contributed by atoms with Crippen LogP contribution in [0.15, 0.2) is 29.2 Å². The van der Waals surface area contributed by atoms with Crippen molar-refractivity contribution in [1.82, 2.24) is 5.32 Å². The molecular weight excluding hydrogens is 294 g/mol. The molecule has 1 amide bonds. The van der Waals surface area contributed by atoms with Gasteiger partial charge in [0, 0.05) is 10.9 Å². The van der Waals surface area contributed by atoms with E-state index in [4.69, 9.17) is 0 Å². The summed E-state index contributed by atoms with van der Waals surface area (Å²) in [7, 11) is -2.95. The summed E-state index contributed by atoms with van der Waals surface area (Å²) in [5.74, 6) is 0.149. The quantitative estimate of drug-likeness (QED) is 0.861. The summed E-state index contributed by atoms with van der Waals surface area (Å²) >= 11 is 1.48. The highest BCUT2D eigenvalue weighted by molar-refractivity contribution is 8.00. The van der Waals surface area contributed by atoms with Gasteiger partial charge in [-0.25, -0.2) is 8.42 Å². The fourth-order valence-corrected chi connectivity index (χ4v) is 4.65. The third-order valence-electron chi connectivity index (χ3n) is 3.28. The van der Waals surface area contributed by atoms with Crippen LogP contribution in [0.2, 0.25) is 0 Å². The number of sulfone groups is 1. The minimum Gasteiger partial charge on any atom is -0.351 e. The van der Waals surface area contributed by atoms with Crippen LogP contribution in [0.1, 0.15) is 18.9 Å². The first-order valence-electron chi connectivity index (χ1n) is 6.60. The summed E-state index contributed by atoms with van der Waals surface area (Å²) < 4.78 is 22.7. The summed E-state index contributed by atoms with van der Waals surface area (Å²) in [4.78, 5) is 13.1. The second kappa shape index (κ2) is 6.18. The van der Waals surface area contributed by atoms with Crippen molar-refractivity contribution in [2.75, 3.05) is 11.5 Å². The molecule has 1 aromatic rings. The lowest BCUT2D eigenvalue weighted by Gasteiger charge is -2.15. The lowest BCUT2D eigenvalue weighted by Crippen LogP contribution is -2.39.